The van der Waals surface area contributed by atoms with Gasteiger partial charge in [-0.2, -0.15) is 0 Å². The van der Waals surface area contributed by atoms with Gasteiger partial charge in [-0.3, -0.25) is 4.79 Å². The summed E-state index contributed by atoms with van der Waals surface area (Å²) in [7, 11) is 0. The highest BCUT2D eigenvalue weighted by atomic mass is 127. The van der Waals surface area contributed by atoms with Crippen LogP contribution in [-0.4, -0.2) is 34.1 Å². The smallest absolute Gasteiger partial charge is 0.322 e. The molecule has 0 spiro atoms. The van der Waals surface area contributed by atoms with Gasteiger partial charge in [0.05, 0.1) is 5.92 Å². The van der Waals surface area contributed by atoms with Crippen molar-refractivity contribution in [3.8, 4) is 0 Å². The van der Waals surface area contributed by atoms with E-state index in [0.29, 0.717) is 6.42 Å². The van der Waals surface area contributed by atoms with Gasteiger partial charge in [0.1, 0.15) is 0 Å². The van der Waals surface area contributed by atoms with E-state index in [1.54, 1.807) is 4.90 Å². The van der Waals surface area contributed by atoms with E-state index in [0.717, 1.165) is 22.1 Å². The first-order chi connectivity index (χ1) is 9.56. The summed E-state index contributed by atoms with van der Waals surface area (Å²) < 4.78 is 1.10. The zero-order valence-electron chi connectivity index (χ0n) is 10.8. The number of fused-ring (bicyclic) bond motifs is 2. The molecule has 0 saturated carbocycles. The number of amides is 2. The van der Waals surface area contributed by atoms with E-state index in [-0.39, 0.29) is 18.1 Å². The number of benzene rings is 1. The SMILES string of the molecule is O=C(O)C1CC2CCC1N2C(=O)Nc1ccc(I)cc1. The third-order valence-electron chi connectivity index (χ3n) is 4.18. The Morgan fingerprint density at radius 3 is 2.55 bits per heavy atom. The molecule has 1 aromatic rings. The van der Waals surface area contributed by atoms with Crippen LogP contribution < -0.4 is 5.32 Å². The Balaban J connectivity index is 1.72. The third-order valence-corrected chi connectivity index (χ3v) is 4.90. The first-order valence-corrected chi connectivity index (χ1v) is 7.72. The number of rotatable bonds is 2. The second kappa shape index (κ2) is 5.23. The summed E-state index contributed by atoms with van der Waals surface area (Å²) in [6, 6.07) is 7.30. The first kappa shape index (κ1) is 13.7. The molecular weight excluding hydrogens is 371 g/mol. The van der Waals surface area contributed by atoms with Crippen molar-refractivity contribution in [2.45, 2.75) is 31.3 Å². The van der Waals surface area contributed by atoms with E-state index < -0.39 is 11.9 Å². The van der Waals surface area contributed by atoms with Crippen LogP contribution in [0.1, 0.15) is 19.3 Å². The molecule has 0 radical (unpaired) electrons. The van der Waals surface area contributed by atoms with Crippen LogP contribution in [0.4, 0.5) is 10.5 Å². The second-order valence-electron chi connectivity index (χ2n) is 5.32. The van der Waals surface area contributed by atoms with Gasteiger partial charge in [0.25, 0.3) is 0 Å². The molecule has 2 aliphatic heterocycles. The number of hydrogen-bond donors (Lipinski definition) is 2. The molecule has 2 saturated heterocycles. The Morgan fingerprint density at radius 1 is 1.25 bits per heavy atom. The van der Waals surface area contributed by atoms with E-state index in [2.05, 4.69) is 27.9 Å². The summed E-state index contributed by atoms with van der Waals surface area (Å²) in [5, 5.41) is 12.1. The standard InChI is InChI=1S/C14H15IN2O3/c15-8-1-3-9(4-2-8)16-14(20)17-10-5-6-12(17)11(7-10)13(18)19/h1-4,10-12H,5-7H2,(H,16,20)(H,18,19). The summed E-state index contributed by atoms with van der Waals surface area (Å²) >= 11 is 2.21. The van der Waals surface area contributed by atoms with Gasteiger partial charge >= 0.3 is 12.0 Å². The molecule has 2 bridgehead atoms. The normalized spacial score (nSPS) is 27.6. The number of carbonyl (C=O) groups excluding carboxylic acids is 1. The molecule has 3 unspecified atom stereocenters. The minimum Gasteiger partial charge on any atom is -0.481 e. The number of nitrogens with zero attached hydrogens (tertiary/aromatic N) is 1. The molecule has 3 atom stereocenters. The third kappa shape index (κ3) is 2.36. The quantitative estimate of drug-likeness (QED) is 0.769. The van der Waals surface area contributed by atoms with Gasteiger partial charge in [-0.1, -0.05) is 0 Å². The lowest BCUT2D eigenvalue weighted by molar-refractivity contribution is -0.142. The van der Waals surface area contributed by atoms with Gasteiger partial charge in [-0.05, 0) is 66.1 Å². The van der Waals surface area contributed by atoms with Crippen LogP contribution in [0, 0.1) is 9.49 Å². The van der Waals surface area contributed by atoms with Crippen molar-refractivity contribution >= 4 is 40.3 Å². The van der Waals surface area contributed by atoms with Crippen molar-refractivity contribution in [3.05, 3.63) is 27.8 Å². The summed E-state index contributed by atoms with van der Waals surface area (Å²) in [6.45, 7) is 0. The minimum atomic E-state index is -0.788. The maximum Gasteiger partial charge on any atom is 0.322 e. The van der Waals surface area contributed by atoms with Crippen molar-refractivity contribution in [3.63, 3.8) is 0 Å². The number of anilines is 1. The molecule has 2 aliphatic rings. The Kier molecular flexibility index (Phi) is 3.57. The lowest BCUT2D eigenvalue weighted by Gasteiger charge is -2.23. The molecule has 5 nitrogen and oxygen atoms in total. The Bertz CT molecular complexity index is 546. The zero-order chi connectivity index (χ0) is 14.3. The lowest BCUT2D eigenvalue weighted by Crippen LogP contribution is -2.40. The lowest BCUT2D eigenvalue weighted by atomic mass is 9.89. The van der Waals surface area contributed by atoms with Crippen LogP contribution in [0.25, 0.3) is 0 Å². The molecule has 3 rings (SSSR count). The minimum absolute atomic E-state index is 0.0740. The van der Waals surface area contributed by atoms with Gasteiger partial charge < -0.3 is 15.3 Å². The second-order valence-corrected chi connectivity index (χ2v) is 6.57. The van der Waals surface area contributed by atoms with Gasteiger partial charge in [-0.15, -0.1) is 0 Å². The van der Waals surface area contributed by atoms with E-state index in [1.165, 1.54) is 0 Å². The first-order valence-electron chi connectivity index (χ1n) is 6.64. The molecule has 1 aromatic carbocycles. The van der Waals surface area contributed by atoms with Gasteiger partial charge in [0, 0.05) is 21.3 Å². The summed E-state index contributed by atoms with van der Waals surface area (Å²) in [4.78, 5) is 25.3. The molecular formula is C14H15IN2O3. The molecule has 6 heteroatoms. The van der Waals surface area contributed by atoms with Gasteiger partial charge in [0.2, 0.25) is 0 Å². The highest BCUT2D eigenvalue weighted by molar-refractivity contribution is 14.1. The molecule has 2 fully saturated rings. The highest BCUT2D eigenvalue weighted by Crippen LogP contribution is 2.42. The van der Waals surface area contributed by atoms with Crippen LogP contribution in [0.15, 0.2) is 24.3 Å². The van der Waals surface area contributed by atoms with Crippen molar-refractivity contribution in [2.24, 2.45) is 5.92 Å². The number of halogens is 1. The number of carboxylic acid groups (broad SMARTS) is 1. The fraction of sp³-hybridized carbons (Fsp3) is 0.429. The van der Waals surface area contributed by atoms with Crippen LogP contribution in [0.2, 0.25) is 0 Å². The van der Waals surface area contributed by atoms with E-state index in [4.69, 9.17) is 0 Å². The van der Waals surface area contributed by atoms with Gasteiger partial charge in [-0.25, -0.2) is 4.79 Å². The van der Waals surface area contributed by atoms with E-state index in [9.17, 15) is 14.7 Å². The monoisotopic (exact) mass is 386 g/mol. The zero-order valence-corrected chi connectivity index (χ0v) is 12.9. The average molecular weight is 386 g/mol. The van der Waals surface area contributed by atoms with Crippen LogP contribution in [0.5, 0.6) is 0 Å². The molecule has 20 heavy (non-hydrogen) atoms. The average Bonchev–Trinajstić information content (AvgIpc) is 2.99. The maximum atomic E-state index is 12.3. The predicted molar refractivity (Wildman–Crippen MR) is 82.6 cm³/mol. The van der Waals surface area contributed by atoms with Crippen LogP contribution in [-0.2, 0) is 4.79 Å². The van der Waals surface area contributed by atoms with Crippen molar-refractivity contribution in [1.29, 1.82) is 0 Å². The van der Waals surface area contributed by atoms with Crippen LogP contribution in [0.3, 0.4) is 0 Å². The number of nitrogens with one attached hydrogen (secondary N) is 1. The number of carbonyl (C=O) groups is 2. The Morgan fingerprint density at radius 2 is 1.95 bits per heavy atom. The topological polar surface area (TPSA) is 69.6 Å². The van der Waals surface area contributed by atoms with Crippen molar-refractivity contribution in [1.82, 2.24) is 4.90 Å². The predicted octanol–water partition coefficient (Wildman–Crippen LogP) is 2.76. The molecule has 2 N–H and O–H groups in total. The summed E-state index contributed by atoms with van der Waals surface area (Å²) in [5.41, 5.74) is 0.744. The highest BCUT2D eigenvalue weighted by Gasteiger charge is 2.51. The van der Waals surface area contributed by atoms with Crippen LogP contribution >= 0.6 is 22.6 Å². The Labute approximate surface area is 130 Å². The number of carboxylic acids is 1. The number of hydrogen-bond acceptors (Lipinski definition) is 2. The van der Waals surface area contributed by atoms with Crippen molar-refractivity contribution in [2.75, 3.05) is 5.32 Å². The molecule has 106 valence electrons. The van der Waals surface area contributed by atoms with E-state index >= 15 is 0 Å². The fourth-order valence-electron chi connectivity index (χ4n) is 3.29. The largest absolute Gasteiger partial charge is 0.481 e. The molecule has 2 amide bonds. The Hall–Kier alpha value is -1.31. The summed E-state index contributed by atoms with van der Waals surface area (Å²) in [5.74, 6) is -1.19. The number of aliphatic carboxylic acids is 1. The van der Waals surface area contributed by atoms with Gasteiger partial charge in [0.15, 0.2) is 0 Å². The van der Waals surface area contributed by atoms with E-state index in [1.807, 2.05) is 24.3 Å². The van der Waals surface area contributed by atoms with Crippen molar-refractivity contribution < 1.29 is 14.7 Å². The molecule has 0 aliphatic carbocycles. The molecule has 0 aromatic heterocycles. The maximum absolute atomic E-state index is 12.3. The summed E-state index contributed by atoms with van der Waals surface area (Å²) in [6.07, 6.45) is 2.29. The number of urea groups is 1. The fourth-order valence-corrected chi connectivity index (χ4v) is 3.65. The molecule has 2 heterocycles.